The molecule has 1 aliphatic rings. The van der Waals surface area contributed by atoms with Gasteiger partial charge in [-0.3, -0.25) is 0 Å². The second-order valence-electron chi connectivity index (χ2n) is 5.65. The van der Waals surface area contributed by atoms with Gasteiger partial charge in [0.15, 0.2) is 0 Å². The van der Waals surface area contributed by atoms with Crippen molar-refractivity contribution in [2.24, 2.45) is 11.7 Å². The SMILES string of the molecule is C[C@@H](N)C1CC(C)(C)OC(C)(C)C1. The molecular formula is C11H23NO. The fraction of sp³-hybridized carbons (Fsp3) is 1.00. The molecule has 0 aromatic heterocycles. The maximum Gasteiger partial charge on any atom is 0.0637 e. The summed E-state index contributed by atoms with van der Waals surface area (Å²) in [6.45, 7) is 10.7. The van der Waals surface area contributed by atoms with Crippen LogP contribution in [0.5, 0.6) is 0 Å². The number of hydrogen-bond acceptors (Lipinski definition) is 2. The first-order chi connectivity index (χ1) is 5.72. The van der Waals surface area contributed by atoms with Gasteiger partial charge in [0.1, 0.15) is 0 Å². The summed E-state index contributed by atoms with van der Waals surface area (Å²) >= 11 is 0. The summed E-state index contributed by atoms with van der Waals surface area (Å²) in [6.07, 6.45) is 2.15. The van der Waals surface area contributed by atoms with Crippen molar-refractivity contribution in [1.29, 1.82) is 0 Å². The lowest BCUT2D eigenvalue weighted by molar-refractivity contribution is -0.174. The second kappa shape index (κ2) is 3.25. The smallest absolute Gasteiger partial charge is 0.0637 e. The van der Waals surface area contributed by atoms with Gasteiger partial charge in [0.05, 0.1) is 11.2 Å². The van der Waals surface area contributed by atoms with Crippen LogP contribution in [0.4, 0.5) is 0 Å². The predicted molar refractivity (Wildman–Crippen MR) is 55.6 cm³/mol. The molecule has 0 spiro atoms. The zero-order chi connectivity index (χ0) is 10.3. The fourth-order valence-corrected chi connectivity index (χ4v) is 2.54. The van der Waals surface area contributed by atoms with Crippen molar-refractivity contribution in [3.05, 3.63) is 0 Å². The normalized spacial score (nSPS) is 30.0. The van der Waals surface area contributed by atoms with E-state index < -0.39 is 0 Å². The number of hydrogen-bond donors (Lipinski definition) is 1. The van der Waals surface area contributed by atoms with Gasteiger partial charge in [-0.1, -0.05) is 0 Å². The van der Waals surface area contributed by atoms with Crippen LogP contribution in [0.3, 0.4) is 0 Å². The Bertz CT molecular complexity index is 169. The standard InChI is InChI=1S/C11H23NO/c1-8(12)9-6-10(2,3)13-11(4,5)7-9/h8-9H,6-7,12H2,1-5H3/t8-/m1/s1. The first-order valence-corrected chi connectivity index (χ1v) is 5.18. The Kier molecular flexibility index (Phi) is 2.75. The van der Waals surface area contributed by atoms with E-state index in [0.29, 0.717) is 5.92 Å². The zero-order valence-corrected chi connectivity index (χ0v) is 9.55. The minimum Gasteiger partial charge on any atom is -0.370 e. The molecule has 0 radical (unpaired) electrons. The van der Waals surface area contributed by atoms with Crippen molar-refractivity contribution in [2.75, 3.05) is 0 Å². The summed E-state index contributed by atoms with van der Waals surface area (Å²) in [5.74, 6) is 0.596. The highest BCUT2D eigenvalue weighted by Crippen LogP contribution is 2.39. The molecule has 1 atom stereocenters. The van der Waals surface area contributed by atoms with E-state index in [4.69, 9.17) is 10.5 Å². The van der Waals surface area contributed by atoms with Crippen molar-refractivity contribution in [1.82, 2.24) is 0 Å². The first kappa shape index (κ1) is 11.0. The van der Waals surface area contributed by atoms with Crippen LogP contribution in [0.25, 0.3) is 0 Å². The molecule has 1 rings (SSSR count). The van der Waals surface area contributed by atoms with Crippen molar-refractivity contribution >= 4 is 0 Å². The van der Waals surface area contributed by atoms with Crippen LogP contribution in [-0.2, 0) is 4.74 Å². The minimum absolute atomic E-state index is 0.0138. The van der Waals surface area contributed by atoms with Gasteiger partial charge in [-0.05, 0) is 53.4 Å². The van der Waals surface area contributed by atoms with E-state index in [1.165, 1.54) is 0 Å². The van der Waals surface area contributed by atoms with Gasteiger partial charge in [-0.2, -0.15) is 0 Å². The fourth-order valence-electron chi connectivity index (χ4n) is 2.54. The quantitative estimate of drug-likeness (QED) is 0.680. The topological polar surface area (TPSA) is 35.2 Å². The molecule has 0 aliphatic carbocycles. The summed E-state index contributed by atoms with van der Waals surface area (Å²) in [4.78, 5) is 0. The monoisotopic (exact) mass is 185 g/mol. The van der Waals surface area contributed by atoms with Crippen LogP contribution in [0, 0.1) is 5.92 Å². The van der Waals surface area contributed by atoms with Gasteiger partial charge in [0.2, 0.25) is 0 Å². The molecule has 0 saturated carbocycles. The third-order valence-electron chi connectivity index (χ3n) is 2.80. The Hall–Kier alpha value is -0.0800. The molecule has 13 heavy (non-hydrogen) atoms. The molecular weight excluding hydrogens is 162 g/mol. The Balaban J connectivity index is 2.72. The Labute approximate surface area is 81.8 Å². The maximum absolute atomic E-state index is 5.99. The van der Waals surface area contributed by atoms with Crippen molar-refractivity contribution in [3.8, 4) is 0 Å². The van der Waals surface area contributed by atoms with Crippen molar-refractivity contribution in [3.63, 3.8) is 0 Å². The first-order valence-electron chi connectivity index (χ1n) is 5.18. The largest absolute Gasteiger partial charge is 0.370 e. The number of rotatable bonds is 1. The van der Waals surface area contributed by atoms with E-state index in [-0.39, 0.29) is 17.2 Å². The minimum atomic E-state index is -0.0138. The molecule has 0 aromatic carbocycles. The van der Waals surface area contributed by atoms with Gasteiger partial charge in [0.25, 0.3) is 0 Å². The predicted octanol–water partition coefficient (Wildman–Crippen LogP) is 2.32. The van der Waals surface area contributed by atoms with Gasteiger partial charge in [-0.25, -0.2) is 0 Å². The summed E-state index contributed by atoms with van der Waals surface area (Å²) < 4.78 is 5.99. The summed E-state index contributed by atoms with van der Waals surface area (Å²) in [6, 6.07) is 0.280. The highest BCUT2D eigenvalue weighted by molar-refractivity contribution is 4.90. The lowest BCUT2D eigenvalue weighted by Crippen LogP contribution is -2.49. The van der Waals surface area contributed by atoms with Gasteiger partial charge in [-0.15, -0.1) is 0 Å². The van der Waals surface area contributed by atoms with Crippen LogP contribution in [0.2, 0.25) is 0 Å². The molecule has 1 saturated heterocycles. The molecule has 78 valence electrons. The molecule has 1 aliphatic heterocycles. The lowest BCUT2D eigenvalue weighted by atomic mass is 9.78. The van der Waals surface area contributed by atoms with Gasteiger partial charge < -0.3 is 10.5 Å². The Morgan fingerprint density at radius 3 is 1.85 bits per heavy atom. The highest BCUT2D eigenvalue weighted by atomic mass is 16.5. The van der Waals surface area contributed by atoms with Crippen LogP contribution < -0.4 is 5.73 Å². The van der Waals surface area contributed by atoms with E-state index in [0.717, 1.165) is 12.8 Å². The van der Waals surface area contributed by atoms with E-state index in [1.54, 1.807) is 0 Å². The van der Waals surface area contributed by atoms with Crippen molar-refractivity contribution < 1.29 is 4.74 Å². The zero-order valence-electron chi connectivity index (χ0n) is 9.55. The lowest BCUT2D eigenvalue weighted by Gasteiger charge is -2.46. The molecule has 2 N–H and O–H groups in total. The van der Waals surface area contributed by atoms with Gasteiger partial charge in [0, 0.05) is 6.04 Å². The third kappa shape index (κ3) is 2.96. The van der Waals surface area contributed by atoms with Crippen LogP contribution in [0.15, 0.2) is 0 Å². The van der Waals surface area contributed by atoms with Crippen LogP contribution >= 0.6 is 0 Å². The molecule has 1 heterocycles. The molecule has 2 heteroatoms. The summed E-state index contributed by atoms with van der Waals surface area (Å²) in [5, 5.41) is 0. The van der Waals surface area contributed by atoms with E-state index in [9.17, 15) is 0 Å². The van der Waals surface area contributed by atoms with Crippen LogP contribution in [-0.4, -0.2) is 17.2 Å². The van der Waals surface area contributed by atoms with Crippen molar-refractivity contribution in [2.45, 2.75) is 64.7 Å². The Morgan fingerprint density at radius 2 is 1.54 bits per heavy atom. The van der Waals surface area contributed by atoms with E-state index in [2.05, 4.69) is 34.6 Å². The average molecular weight is 185 g/mol. The molecule has 1 fully saturated rings. The number of nitrogens with two attached hydrogens (primary N) is 1. The van der Waals surface area contributed by atoms with Gasteiger partial charge >= 0.3 is 0 Å². The second-order valence-corrected chi connectivity index (χ2v) is 5.65. The summed E-state index contributed by atoms with van der Waals surface area (Å²) in [7, 11) is 0. The Morgan fingerprint density at radius 1 is 1.15 bits per heavy atom. The number of ether oxygens (including phenoxy) is 1. The third-order valence-corrected chi connectivity index (χ3v) is 2.80. The average Bonchev–Trinajstić information content (AvgIpc) is 1.79. The molecule has 0 unspecified atom stereocenters. The van der Waals surface area contributed by atoms with E-state index >= 15 is 0 Å². The molecule has 2 nitrogen and oxygen atoms in total. The highest BCUT2D eigenvalue weighted by Gasteiger charge is 2.40. The molecule has 0 aromatic rings. The van der Waals surface area contributed by atoms with Crippen LogP contribution in [0.1, 0.15) is 47.5 Å². The molecule has 0 amide bonds. The summed E-state index contributed by atoms with van der Waals surface area (Å²) in [5.41, 5.74) is 5.93. The van der Waals surface area contributed by atoms with E-state index in [1.807, 2.05) is 0 Å². The maximum atomic E-state index is 5.99. The molecule has 0 bridgehead atoms.